The van der Waals surface area contributed by atoms with Crippen molar-refractivity contribution in [3.63, 3.8) is 0 Å². The number of hydrogen-bond acceptors (Lipinski definition) is 2. The van der Waals surface area contributed by atoms with E-state index in [-0.39, 0.29) is 0 Å². The summed E-state index contributed by atoms with van der Waals surface area (Å²) in [7, 11) is 1.66. The highest BCUT2D eigenvalue weighted by Crippen LogP contribution is 2.29. The lowest BCUT2D eigenvalue weighted by atomic mass is 10.2. The summed E-state index contributed by atoms with van der Waals surface area (Å²) in [4.78, 5) is 0. The zero-order valence-electron chi connectivity index (χ0n) is 8.91. The zero-order chi connectivity index (χ0) is 11.4. The van der Waals surface area contributed by atoms with Gasteiger partial charge in [0.1, 0.15) is 5.75 Å². The van der Waals surface area contributed by atoms with Gasteiger partial charge in [0, 0.05) is 10.2 Å². The van der Waals surface area contributed by atoms with Crippen LogP contribution in [0.4, 0.5) is 11.4 Å². The molecular weight excluding hydrogens is 266 g/mol. The number of benzene rings is 2. The lowest BCUT2D eigenvalue weighted by molar-refractivity contribution is 0.414. The van der Waals surface area contributed by atoms with E-state index in [9.17, 15) is 0 Å². The van der Waals surface area contributed by atoms with E-state index in [1.54, 1.807) is 7.11 Å². The summed E-state index contributed by atoms with van der Waals surface area (Å²) in [6, 6.07) is 15.9. The third kappa shape index (κ3) is 2.55. The second-order valence-corrected chi connectivity index (χ2v) is 4.19. The molecule has 1 N–H and O–H groups in total. The molecule has 0 heterocycles. The maximum absolute atomic E-state index is 5.14. The first-order valence-corrected chi connectivity index (χ1v) is 5.74. The van der Waals surface area contributed by atoms with Crippen LogP contribution in [0.25, 0.3) is 0 Å². The third-order valence-electron chi connectivity index (χ3n) is 2.23. The predicted octanol–water partition coefficient (Wildman–Crippen LogP) is 4.20. The molecule has 0 aliphatic carbocycles. The molecule has 0 unspecified atom stereocenters. The molecule has 3 heteroatoms. The van der Waals surface area contributed by atoms with Gasteiger partial charge in [-0.05, 0) is 46.3 Å². The van der Waals surface area contributed by atoms with Crippen molar-refractivity contribution in [3.8, 4) is 5.75 Å². The van der Waals surface area contributed by atoms with E-state index in [0.29, 0.717) is 0 Å². The topological polar surface area (TPSA) is 21.3 Å². The van der Waals surface area contributed by atoms with Crippen molar-refractivity contribution >= 4 is 27.3 Å². The van der Waals surface area contributed by atoms with Crippen LogP contribution >= 0.6 is 15.9 Å². The molecular formula is C13H12BrNO. The van der Waals surface area contributed by atoms with Crippen LogP contribution in [0.3, 0.4) is 0 Å². The van der Waals surface area contributed by atoms with Crippen molar-refractivity contribution in [2.75, 3.05) is 12.4 Å². The van der Waals surface area contributed by atoms with Crippen molar-refractivity contribution in [2.24, 2.45) is 0 Å². The summed E-state index contributed by atoms with van der Waals surface area (Å²) in [5, 5.41) is 3.32. The SMILES string of the molecule is COc1ccc(Nc2ccccc2)c(Br)c1. The van der Waals surface area contributed by atoms with Crippen molar-refractivity contribution < 1.29 is 4.74 Å². The molecule has 0 amide bonds. The van der Waals surface area contributed by atoms with Crippen LogP contribution in [0.1, 0.15) is 0 Å². The summed E-state index contributed by atoms with van der Waals surface area (Å²) < 4.78 is 6.12. The summed E-state index contributed by atoms with van der Waals surface area (Å²) in [6.45, 7) is 0. The molecule has 0 aromatic heterocycles. The largest absolute Gasteiger partial charge is 0.497 e. The summed E-state index contributed by atoms with van der Waals surface area (Å²) in [5.74, 6) is 0.838. The summed E-state index contributed by atoms with van der Waals surface area (Å²) >= 11 is 3.50. The Morgan fingerprint density at radius 1 is 1.06 bits per heavy atom. The van der Waals surface area contributed by atoms with Crippen molar-refractivity contribution in [3.05, 3.63) is 53.0 Å². The minimum atomic E-state index is 0.838. The van der Waals surface area contributed by atoms with E-state index >= 15 is 0 Å². The molecule has 0 radical (unpaired) electrons. The Balaban J connectivity index is 2.22. The Morgan fingerprint density at radius 2 is 1.81 bits per heavy atom. The number of anilines is 2. The molecule has 0 spiro atoms. The molecule has 0 atom stereocenters. The fourth-order valence-electron chi connectivity index (χ4n) is 1.40. The van der Waals surface area contributed by atoms with Crippen molar-refractivity contribution in [1.82, 2.24) is 0 Å². The second-order valence-electron chi connectivity index (χ2n) is 3.34. The average molecular weight is 278 g/mol. The first kappa shape index (κ1) is 11.0. The second kappa shape index (κ2) is 5.03. The van der Waals surface area contributed by atoms with E-state index in [1.165, 1.54) is 0 Å². The minimum Gasteiger partial charge on any atom is -0.497 e. The molecule has 0 saturated carbocycles. The quantitative estimate of drug-likeness (QED) is 0.908. The zero-order valence-corrected chi connectivity index (χ0v) is 10.5. The predicted molar refractivity (Wildman–Crippen MR) is 70.4 cm³/mol. The Labute approximate surface area is 103 Å². The van der Waals surface area contributed by atoms with Gasteiger partial charge in [0.25, 0.3) is 0 Å². The van der Waals surface area contributed by atoms with Crippen LogP contribution in [0.15, 0.2) is 53.0 Å². The lowest BCUT2D eigenvalue weighted by Gasteiger charge is -2.09. The van der Waals surface area contributed by atoms with E-state index in [2.05, 4.69) is 21.2 Å². The fourth-order valence-corrected chi connectivity index (χ4v) is 1.86. The highest BCUT2D eigenvalue weighted by Gasteiger charge is 2.01. The Kier molecular flexibility index (Phi) is 3.47. The Bertz CT molecular complexity index is 471. The van der Waals surface area contributed by atoms with E-state index in [0.717, 1.165) is 21.6 Å². The molecule has 0 aliphatic heterocycles. The van der Waals surface area contributed by atoms with Crippen LogP contribution in [0.5, 0.6) is 5.75 Å². The number of para-hydroxylation sites is 1. The molecule has 0 bridgehead atoms. The summed E-state index contributed by atoms with van der Waals surface area (Å²) in [5.41, 5.74) is 2.08. The molecule has 82 valence electrons. The highest BCUT2D eigenvalue weighted by molar-refractivity contribution is 9.10. The maximum atomic E-state index is 5.14. The van der Waals surface area contributed by atoms with Crippen LogP contribution < -0.4 is 10.1 Å². The van der Waals surface area contributed by atoms with Gasteiger partial charge in [0.15, 0.2) is 0 Å². The highest BCUT2D eigenvalue weighted by atomic mass is 79.9. The molecule has 0 fully saturated rings. The normalized spacial score (nSPS) is 9.88. The fraction of sp³-hybridized carbons (Fsp3) is 0.0769. The van der Waals surface area contributed by atoms with Gasteiger partial charge in [-0.25, -0.2) is 0 Å². The molecule has 16 heavy (non-hydrogen) atoms. The molecule has 2 nitrogen and oxygen atoms in total. The number of nitrogens with one attached hydrogen (secondary N) is 1. The van der Waals surface area contributed by atoms with Gasteiger partial charge in [-0.3, -0.25) is 0 Å². The average Bonchev–Trinajstić information content (AvgIpc) is 2.33. The number of halogens is 1. The van der Waals surface area contributed by atoms with Gasteiger partial charge in [0.2, 0.25) is 0 Å². The van der Waals surface area contributed by atoms with Gasteiger partial charge >= 0.3 is 0 Å². The van der Waals surface area contributed by atoms with Crippen molar-refractivity contribution in [2.45, 2.75) is 0 Å². The smallest absolute Gasteiger partial charge is 0.120 e. The first-order valence-electron chi connectivity index (χ1n) is 4.95. The number of rotatable bonds is 3. The molecule has 0 aliphatic rings. The monoisotopic (exact) mass is 277 g/mol. The van der Waals surface area contributed by atoms with Crippen LogP contribution in [-0.2, 0) is 0 Å². The number of ether oxygens (including phenoxy) is 1. The van der Waals surface area contributed by atoms with Gasteiger partial charge in [-0.15, -0.1) is 0 Å². The lowest BCUT2D eigenvalue weighted by Crippen LogP contribution is -1.91. The third-order valence-corrected chi connectivity index (χ3v) is 2.89. The van der Waals surface area contributed by atoms with Gasteiger partial charge in [-0.2, -0.15) is 0 Å². The van der Waals surface area contributed by atoms with Crippen LogP contribution in [0.2, 0.25) is 0 Å². The first-order chi connectivity index (χ1) is 7.79. The van der Waals surface area contributed by atoms with E-state index < -0.39 is 0 Å². The maximum Gasteiger partial charge on any atom is 0.120 e. The summed E-state index contributed by atoms with van der Waals surface area (Å²) in [6.07, 6.45) is 0. The Hall–Kier alpha value is -1.48. The van der Waals surface area contributed by atoms with Crippen LogP contribution in [-0.4, -0.2) is 7.11 Å². The molecule has 2 aromatic rings. The van der Waals surface area contributed by atoms with E-state index in [4.69, 9.17) is 4.74 Å². The number of hydrogen-bond donors (Lipinski definition) is 1. The molecule has 0 saturated heterocycles. The minimum absolute atomic E-state index is 0.838. The van der Waals surface area contributed by atoms with Crippen LogP contribution in [0, 0.1) is 0 Å². The molecule has 2 rings (SSSR count). The standard InChI is InChI=1S/C13H12BrNO/c1-16-11-7-8-13(12(14)9-11)15-10-5-3-2-4-6-10/h2-9,15H,1H3. The van der Waals surface area contributed by atoms with Gasteiger partial charge in [0.05, 0.1) is 12.8 Å². The van der Waals surface area contributed by atoms with Crippen molar-refractivity contribution in [1.29, 1.82) is 0 Å². The molecule has 2 aromatic carbocycles. The van der Waals surface area contributed by atoms with Gasteiger partial charge < -0.3 is 10.1 Å². The Morgan fingerprint density at radius 3 is 2.44 bits per heavy atom. The number of methoxy groups -OCH3 is 1. The van der Waals surface area contributed by atoms with E-state index in [1.807, 2.05) is 48.5 Å². The van der Waals surface area contributed by atoms with Gasteiger partial charge in [-0.1, -0.05) is 18.2 Å².